The van der Waals surface area contributed by atoms with E-state index >= 15 is 0 Å². The monoisotopic (exact) mass is 284 g/mol. The molecule has 0 aliphatic heterocycles. The Morgan fingerprint density at radius 1 is 1.14 bits per heavy atom. The average molecular weight is 284 g/mol. The minimum absolute atomic E-state index is 0.465. The summed E-state index contributed by atoms with van der Waals surface area (Å²) in [4.78, 5) is 4.42. The fraction of sp³-hybridized carbons (Fsp3) is 0.389. The Morgan fingerprint density at radius 2 is 1.95 bits per heavy atom. The summed E-state index contributed by atoms with van der Waals surface area (Å²) in [6.45, 7) is 9.83. The third-order valence-electron chi connectivity index (χ3n) is 3.39. The van der Waals surface area contributed by atoms with Gasteiger partial charge in [0.1, 0.15) is 12.4 Å². The fourth-order valence-corrected chi connectivity index (χ4v) is 2.03. The van der Waals surface area contributed by atoms with Crippen molar-refractivity contribution in [3.8, 4) is 5.75 Å². The summed E-state index contributed by atoms with van der Waals surface area (Å²) < 4.78 is 5.83. The summed E-state index contributed by atoms with van der Waals surface area (Å²) in [7, 11) is 0. The second-order valence-corrected chi connectivity index (χ2v) is 5.74. The molecule has 0 radical (unpaired) electrons. The molecular formula is C18H24N2O. The number of benzene rings is 1. The molecule has 0 saturated carbocycles. The van der Waals surface area contributed by atoms with Gasteiger partial charge in [0.15, 0.2) is 0 Å². The highest BCUT2D eigenvalue weighted by Crippen LogP contribution is 2.15. The molecule has 21 heavy (non-hydrogen) atoms. The van der Waals surface area contributed by atoms with Gasteiger partial charge in [-0.05, 0) is 37.1 Å². The van der Waals surface area contributed by atoms with Gasteiger partial charge >= 0.3 is 0 Å². The van der Waals surface area contributed by atoms with Crippen molar-refractivity contribution < 1.29 is 4.74 Å². The minimum Gasteiger partial charge on any atom is -0.487 e. The van der Waals surface area contributed by atoms with E-state index in [4.69, 9.17) is 4.74 Å². The highest BCUT2D eigenvalue weighted by atomic mass is 16.5. The first-order valence-corrected chi connectivity index (χ1v) is 7.42. The van der Waals surface area contributed by atoms with Crippen LogP contribution in [0.15, 0.2) is 36.5 Å². The third kappa shape index (κ3) is 4.87. The van der Waals surface area contributed by atoms with Crippen LogP contribution in [0, 0.1) is 13.8 Å². The molecule has 3 nitrogen and oxygen atoms in total. The molecule has 1 N–H and O–H groups in total. The summed E-state index contributed by atoms with van der Waals surface area (Å²) in [5, 5.41) is 3.35. The smallest absolute Gasteiger partial charge is 0.138 e. The maximum Gasteiger partial charge on any atom is 0.138 e. The van der Waals surface area contributed by atoms with Crippen molar-refractivity contribution in [2.24, 2.45) is 0 Å². The number of rotatable bonds is 6. The predicted octanol–water partition coefficient (Wildman–Crippen LogP) is 3.78. The molecule has 0 spiro atoms. The van der Waals surface area contributed by atoms with Gasteiger partial charge in [0.2, 0.25) is 0 Å². The molecular weight excluding hydrogens is 260 g/mol. The highest BCUT2D eigenvalue weighted by molar-refractivity contribution is 5.30. The van der Waals surface area contributed by atoms with Crippen molar-refractivity contribution in [1.82, 2.24) is 10.3 Å². The summed E-state index contributed by atoms with van der Waals surface area (Å²) in [6, 6.07) is 10.9. The van der Waals surface area contributed by atoms with E-state index in [9.17, 15) is 0 Å². The molecule has 2 aromatic rings. The van der Waals surface area contributed by atoms with E-state index in [1.54, 1.807) is 6.20 Å². The lowest BCUT2D eigenvalue weighted by atomic mass is 10.1. The van der Waals surface area contributed by atoms with Gasteiger partial charge in [0, 0.05) is 12.6 Å². The summed E-state index contributed by atoms with van der Waals surface area (Å²) in [5.74, 6) is 0.809. The first-order chi connectivity index (χ1) is 10.0. The highest BCUT2D eigenvalue weighted by Gasteiger charge is 2.02. The lowest BCUT2D eigenvalue weighted by molar-refractivity contribution is 0.304. The second kappa shape index (κ2) is 7.23. The molecule has 0 atom stereocenters. The van der Waals surface area contributed by atoms with Gasteiger partial charge in [0.05, 0.1) is 11.9 Å². The molecule has 1 aromatic carbocycles. The van der Waals surface area contributed by atoms with Crippen molar-refractivity contribution in [3.05, 3.63) is 58.9 Å². The van der Waals surface area contributed by atoms with Gasteiger partial charge in [-0.2, -0.15) is 0 Å². The van der Waals surface area contributed by atoms with Crippen molar-refractivity contribution in [3.63, 3.8) is 0 Å². The Hall–Kier alpha value is -1.87. The van der Waals surface area contributed by atoms with E-state index in [-0.39, 0.29) is 0 Å². The normalized spacial score (nSPS) is 10.9. The standard InChI is InChI=1S/C18H24N2O/c1-13(2)19-10-17-7-8-18(11-20-17)21-12-16-9-14(3)5-6-15(16)4/h5-9,11,13,19H,10,12H2,1-4H3. The molecule has 1 heterocycles. The SMILES string of the molecule is Cc1ccc(C)c(COc2ccc(CNC(C)C)nc2)c1. The van der Waals surface area contributed by atoms with Crippen LogP contribution in [-0.4, -0.2) is 11.0 Å². The van der Waals surface area contributed by atoms with Gasteiger partial charge in [0.25, 0.3) is 0 Å². The quantitative estimate of drug-likeness (QED) is 0.876. The van der Waals surface area contributed by atoms with Crippen LogP contribution in [-0.2, 0) is 13.2 Å². The van der Waals surface area contributed by atoms with Gasteiger partial charge in [-0.1, -0.05) is 37.6 Å². The summed E-state index contributed by atoms with van der Waals surface area (Å²) in [6.07, 6.45) is 1.79. The minimum atomic E-state index is 0.465. The van der Waals surface area contributed by atoms with Crippen LogP contribution in [0.3, 0.4) is 0 Å². The maximum absolute atomic E-state index is 5.83. The van der Waals surface area contributed by atoms with Crippen LogP contribution in [0.2, 0.25) is 0 Å². The molecule has 1 aromatic heterocycles. The topological polar surface area (TPSA) is 34.1 Å². The van der Waals surface area contributed by atoms with Crippen molar-refractivity contribution >= 4 is 0 Å². The Morgan fingerprint density at radius 3 is 2.62 bits per heavy atom. The van der Waals surface area contributed by atoms with Crippen molar-refractivity contribution in [2.45, 2.75) is 46.9 Å². The van der Waals surface area contributed by atoms with Crippen LogP contribution in [0.25, 0.3) is 0 Å². The Bertz CT molecular complexity index is 576. The molecule has 0 unspecified atom stereocenters. The van der Waals surface area contributed by atoms with Crippen LogP contribution >= 0.6 is 0 Å². The Balaban J connectivity index is 1.93. The molecule has 0 saturated heterocycles. The largest absolute Gasteiger partial charge is 0.487 e. The summed E-state index contributed by atoms with van der Waals surface area (Å²) in [5.41, 5.74) is 4.77. The zero-order chi connectivity index (χ0) is 15.2. The predicted molar refractivity (Wildman–Crippen MR) is 86.5 cm³/mol. The lowest BCUT2D eigenvalue weighted by Gasteiger charge is -2.11. The summed E-state index contributed by atoms with van der Waals surface area (Å²) >= 11 is 0. The van der Waals surface area contributed by atoms with Gasteiger partial charge in [-0.15, -0.1) is 0 Å². The van der Waals surface area contributed by atoms with Crippen molar-refractivity contribution in [1.29, 1.82) is 0 Å². The van der Waals surface area contributed by atoms with Crippen LogP contribution in [0.4, 0.5) is 0 Å². The Kier molecular flexibility index (Phi) is 5.34. The van der Waals surface area contributed by atoms with E-state index < -0.39 is 0 Å². The third-order valence-corrected chi connectivity index (χ3v) is 3.39. The van der Waals surface area contributed by atoms with Gasteiger partial charge in [-0.3, -0.25) is 4.98 Å². The van der Waals surface area contributed by atoms with E-state index in [1.165, 1.54) is 16.7 Å². The number of hydrogen-bond donors (Lipinski definition) is 1. The van der Waals surface area contributed by atoms with Crippen LogP contribution in [0.5, 0.6) is 5.75 Å². The number of ether oxygens (including phenoxy) is 1. The van der Waals surface area contributed by atoms with Crippen LogP contribution in [0.1, 0.15) is 36.2 Å². The van der Waals surface area contributed by atoms with Crippen molar-refractivity contribution in [2.75, 3.05) is 0 Å². The maximum atomic E-state index is 5.83. The van der Waals surface area contributed by atoms with Gasteiger partial charge in [-0.25, -0.2) is 0 Å². The number of pyridine rings is 1. The number of aryl methyl sites for hydroxylation is 2. The second-order valence-electron chi connectivity index (χ2n) is 5.74. The number of hydrogen-bond acceptors (Lipinski definition) is 3. The van der Waals surface area contributed by atoms with E-state index in [1.807, 2.05) is 12.1 Å². The number of aromatic nitrogens is 1. The first kappa shape index (κ1) is 15.5. The first-order valence-electron chi connectivity index (χ1n) is 7.42. The molecule has 0 aliphatic carbocycles. The molecule has 0 bridgehead atoms. The van der Waals surface area contributed by atoms with E-state index in [0.717, 1.165) is 18.0 Å². The van der Waals surface area contributed by atoms with E-state index in [2.05, 4.69) is 56.2 Å². The molecule has 0 amide bonds. The zero-order valence-electron chi connectivity index (χ0n) is 13.3. The average Bonchev–Trinajstić information content (AvgIpc) is 2.47. The zero-order valence-corrected chi connectivity index (χ0v) is 13.3. The number of nitrogens with zero attached hydrogens (tertiary/aromatic N) is 1. The molecule has 0 fully saturated rings. The molecule has 112 valence electrons. The molecule has 2 rings (SSSR count). The Labute approximate surface area is 127 Å². The van der Waals surface area contributed by atoms with Gasteiger partial charge < -0.3 is 10.1 Å². The fourth-order valence-electron chi connectivity index (χ4n) is 2.03. The van der Waals surface area contributed by atoms with E-state index in [0.29, 0.717) is 12.6 Å². The number of nitrogens with one attached hydrogen (secondary N) is 1. The molecule has 0 aliphatic rings. The lowest BCUT2D eigenvalue weighted by Crippen LogP contribution is -2.22. The van der Waals surface area contributed by atoms with Crippen LogP contribution < -0.4 is 10.1 Å². The molecule has 3 heteroatoms.